The molecule has 46 heavy (non-hydrogen) atoms. The molecular formula is C46H28. The molecule has 0 atom stereocenters. The molecule has 212 valence electrons. The van der Waals surface area contributed by atoms with Crippen molar-refractivity contribution in [2.75, 3.05) is 0 Å². The van der Waals surface area contributed by atoms with Crippen molar-refractivity contribution in [3.63, 3.8) is 0 Å². The Kier molecular flexibility index (Phi) is 5.38. The molecule has 0 bridgehead atoms. The van der Waals surface area contributed by atoms with Crippen molar-refractivity contribution in [3.05, 3.63) is 170 Å². The van der Waals surface area contributed by atoms with Crippen LogP contribution in [-0.2, 0) is 0 Å². The minimum absolute atomic E-state index is 1.24. The first kappa shape index (κ1) is 25.4. The highest BCUT2D eigenvalue weighted by Gasteiger charge is 2.17. The number of hydrogen-bond acceptors (Lipinski definition) is 0. The van der Waals surface area contributed by atoms with E-state index in [1.165, 1.54) is 97.7 Å². The van der Waals surface area contributed by atoms with Gasteiger partial charge in [0.2, 0.25) is 0 Å². The predicted molar refractivity (Wildman–Crippen MR) is 200 cm³/mol. The van der Waals surface area contributed by atoms with Gasteiger partial charge in [-0.15, -0.1) is 0 Å². The molecule has 0 saturated carbocycles. The zero-order valence-electron chi connectivity index (χ0n) is 25.2. The molecule has 0 N–H and O–H groups in total. The smallest absolute Gasteiger partial charge is 0.00137 e. The van der Waals surface area contributed by atoms with Gasteiger partial charge in [0.1, 0.15) is 0 Å². The van der Waals surface area contributed by atoms with Crippen molar-refractivity contribution in [3.8, 4) is 22.3 Å². The third-order valence-electron chi connectivity index (χ3n) is 9.99. The van der Waals surface area contributed by atoms with Crippen LogP contribution in [0.4, 0.5) is 0 Å². The first-order valence-electron chi connectivity index (χ1n) is 16.0. The van der Waals surface area contributed by atoms with Gasteiger partial charge in [0, 0.05) is 0 Å². The molecule has 0 aromatic heterocycles. The van der Waals surface area contributed by atoms with E-state index in [9.17, 15) is 0 Å². The minimum atomic E-state index is 1.24. The molecule has 0 fully saturated rings. The van der Waals surface area contributed by atoms with Gasteiger partial charge >= 0.3 is 0 Å². The fourth-order valence-electron chi connectivity index (χ4n) is 7.94. The van der Waals surface area contributed by atoms with Gasteiger partial charge in [-0.05, 0) is 116 Å². The van der Waals surface area contributed by atoms with E-state index in [1.54, 1.807) is 0 Å². The zero-order chi connectivity index (χ0) is 30.2. The van der Waals surface area contributed by atoms with E-state index in [1.807, 2.05) is 0 Å². The molecule has 0 spiro atoms. The Hall–Kier alpha value is -5.98. The molecule has 0 heteroatoms. The SMILES string of the molecule is c1ccc(-c2ccc3cc(-c4ccc5c6ccccc6c6c7ccccc7c7ccccc7c6c5c4)c4ccccc4c3c2)cc1. The van der Waals surface area contributed by atoms with Crippen LogP contribution in [0.2, 0.25) is 0 Å². The van der Waals surface area contributed by atoms with Crippen LogP contribution < -0.4 is 0 Å². The van der Waals surface area contributed by atoms with Crippen molar-refractivity contribution in [2.24, 2.45) is 0 Å². The van der Waals surface area contributed by atoms with Gasteiger partial charge in [0.25, 0.3) is 0 Å². The van der Waals surface area contributed by atoms with E-state index < -0.39 is 0 Å². The van der Waals surface area contributed by atoms with Crippen LogP contribution in [0.1, 0.15) is 0 Å². The largest absolute Gasteiger partial charge is 0.0622 e. The first-order chi connectivity index (χ1) is 22.8. The lowest BCUT2D eigenvalue weighted by Gasteiger charge is -2.18. The Morgan fingerprint density at radius 1 is 0.217 bits per heavy atom. The molecule has 0 nitrogen and oxygen atoms in total. The predicted octanol–water partition coefficient (Wildman–Crippen LogP) is 13.1. The average molecular weight is 581 g/mol. The molecule has 0 aliphatic heterocycles. The summed E-state index contributed by atoms with van der Waals surface area (Å²) in [6.07, 6.45) is 0. The van der Waals surface area contributed by atoms with E-state index in [-0.39, 0.29) is 0 Å². The van der Waals surface area contributed by atoms with E-state index in [2.05, 4.69) is 170 Å². The lowest BCUT2D eigenvalue weighted by atomic mass is 9.85. The molecule has 0 unspecified atom stereocenters. The quantitative estimate of drug-likeness (QED) is 0.178. The Bertz CT molecular complexity index is 2820. The second-order valence-electron chi connectivity index (χ2n) is 12.4. The van der Waals surface area contributed by atoms with Crippen molar-refractivity contribution in [1.82, 2.24) is 0 Å². The lowest BCUT2D eigenvalue weighted by molar-refractivity contribution is 1.65. The fraction of sp³-hybridized carbons (Fsp3) is 0. The van der Waals surface area contributed by atoms with Crippen LogP contribution in [0, 0.1) is 0 Å². The summed E-state index contributed by atoms with van der Waals surface area (Å²) in [5.74, 6) is 0. The van der Waals surface area contributed by atoms with Crippen LogP contribution in [0.25, 0.3) is 97.7 Å². The highest BCUT2D eigenvalue weighted by Crippen LogP contribution is 2.45. The van der Waals surface area contributed by atoms with Crippen LogP contribution in [-0.4, -0.2) is 0 Å². The fourth-order valence-corrected chi connectivity index (χ4v) is 7.94. The molecule has 0 saturated heterocycles. The molecule has 0 amide bonds. The van der Waals surface area contributed by atoms with Gasteiger partial charge in [0.15, 0.2) is 0 Å². The third kappa shape index (κ3) is 3.62. The van der Waals surface area contributed by atoms with Crippen LogP contribution in [0.5, 0.6) is 0 Å². The molecule has 0 aliphatic rings. The van der Waals surface area contributed by atoms with Crippen molar-refractivity contribution < 1.29 is 0 Å². The molecular weight excluding hydrogens is 553 g/mol. The van der Waals surface area contributed by atoms with Crippen molar-refractivity contribution in [2.45, 2.75) is 0 Å². The summed E-state index contributed by atoms with van der Waals surface area (Å²) in [4.78, 5) is 0. The second kappa shape index (κ2) is 9.76. The summed E-state index contributed by atoms with van der Waals surface area (Å²) < 4.78 is 0. The highest BCUT2D eigenvalue weighted by molar-refractivity contribution is 6.39. The maximum absolute atomic E-state index is 2.46. The average Bonchev–Trinajstić information content (AvgIpc) is 3.14. The Morgan fingerprint density at radius 3 is 1.26 bits per heavy atom. The molecule has 0 radical (unpaired) electrons. The Morgan fingerprint density at radius 2 is 0.652 bits per heavy atom. The molecule has 10 aromatic rings. The lowest BCUT2D eigenvalue weighted by Crippen LogP contribution is -1.90. The van der Waals surface area contributed by atoms with Gasteiger partial charge in [-0.2, -0.15) is 0 Å². The summed E-state index contributed by atoms with van der Waals surface area (Å²) in [7, 11) is 0. The summed E-state index contributed by atoms with van der Waals surface area (Å²) in [5.41, 5.74) is 5.00. The summed E-state index contributed by atoms with van der Waals surface area (Å²) >= 11 is 0. The number of fused-ring (bicyclic) bond motifs is 14. The minimum Gasteiger partial charge on any atom is -0.0622 e. The van der Waals surface area contributed by atoms with E-state index in [4.69, 9.17) is 0 Å². The first-order valence-corrected chi connectivity index (χ1v) is 16.0. The molecule has 0 heterocycles. The van der Waals surface area contributed by atoms with Gasteiger partial charge in [-0.3, -0.25) is 0 Å². The zero-order valence-corrected chi connectivity index (χ0v) is 25.2. The normalized spacial score (nSPS) is 11.9. The number of hydrogen-bond donors (Lipinski definition) is 0. The van der Waals surface area contributed by atoms with Crippen LogP contribution >= 0.6 is 0 Å². The highest BCUT2D eigenvalue weighted by atomic mass is 14.2. The monoisotopic (exact) mass is 580 g/mol. The molecule has 0 aliphatic carbocycles. The topological polar surface area (TPSA) is 0 Å². The van der Waals surface area contributed by atoms with Crippen LogP contribution in [0.3, 0.4) is 0 Å². The van der Waals surface area contributed by atoms with E-state index >= 15 is 0 Å². The van der Waals surface area contributed by atoms with Gasteiger partial charge in [-0.25, -0.2) is 0 Å². The number of rotatable bonds is 2. The molecule has 10 rings (SSSR count). The van der Waals surface area contributed by atoms with Gasteiger partial charge in [0.05, 0.1) is 0 Å². The summed E-state index contributed by atoms with van der Waals surface area (Å²) in [5, 5.41) is 18.2. The Balaban J connectivity index is 1.33. The van der Waals surface area contributed by atoms with Crippen LogP contribution in [0.15, 0.2) is 170 Å². The summed E-state index contributed by atoms with van der Waals surface area (Å²) in [6.45, 7) is 0. The van der Waals surface area contributed by atoms with Gasteiger partial charge < -0.3 is 0 Å². The summed E-state index contributed by atoms with van der Waals surface area (Å²) in [6, 6.07) is 62.8. The van der Waals surface area contributed by atoms with Crippen molar-refractivity contribution in [1.29, 1.82) is 0 Å². The maximum atomic E-state index is 2.46. The molecule has 10 aromatic carbocycles. The van der Waals surface area contributed by atoms with Gasteiger partial charge in [-0.1, -0.05) is 152 Å². The van der Waals surface area contributed by atoms with E-state index in [0.717, 1.165) is 0 Å². The second-order valence-corrected chi connectivity index (χ2v) is 12.4. The maximum Gasteiger partial charge on any atom is -0.00137 e. The van der Waals surface area contributed by atoms with Crippen molar-refractivity contribution >= 4 is 75.4 Å². The third-order valence-corrected chi connectivity index (χ3v) is 9.99. The Labute approximate surface area is 266 Å². The number of benzene rings is 10. The van der Waals surface area contributed by atoms with E-state index in [0.29, 0.717) is 0 Å². The standard InChI is InChI=1S/C46H28/c1-2-12-29(13-3-1)30-22-23-31-27-43(37-18-5-4-17-36(37)42(31)26-30)32-24-25-38-35-16-8-10-20-40(35)45-39-19-9-6-14-33(39)34-15-7-11-21-41(34)46(45)44(38)28-32/h1-28H.